The lowest BCUT2D eigenvalue weighted by molar-refractivity contribution is -0.137. The molecule has 0 radical (unpaired) electrons. The number of anilines is 1. The predicted molar refractivity (Wildman–Crippen MR) is 97.9 cm³/mol. The maximum absolute atomic E-state index is 12.6. The smallest absolute Gasteiger partial charge is 0.417 e. The first kappa shape index (κ1) is 21.8. The molecule has 28 heavy (non-hydrogen) atoms. The van der Waals surface area contributed by atoms with Crippen molar-refractivity contribution < 1.29 is 32.2 Å². The molecule has 1 amide bonds. The quantitative estimate of drug-likeness (QED) is 0.540. The zero-order valence-corrected chi connectivity index (χ0v) is 16.2. The summed E-state index contributed by atoms with van der Waals surface area (Å²) in [5.74, 6) is -1.62. The Morgan fingerprint density at radius 3 is 2.57 bits per heavy atom. The van der Waals surface area contributed by atoms with Gasteiger partial charge in [-0.2, -0.15) is 13.2 Å². The van der Waals surface area contributed by atoms with Gasteiger partial charge in [0.05, 0.1) is 17.7 Å². The second-order valence-corrected chi connectivity index (χ2v) is 6.53. The topological polar surface area (TPSA) is 77.5 Å². The number of ether oxygens (including phenoxy) is 2. The summed E-state index contributed by atoms with van der Waals surface area (Å²) in [6.07, 6.45) is -2.22. The van der Waals surface area contributed by atoms with E-state index in [0.29, 0.717) is 12.3 Å². The SMILES string of the molecule is COc1cc(SC)ccc1C(=O)OCC(=O)Nc1ncc(C(F)(F)F)cc1Cl. The Bertz CT molecular complexity index is 893. The molecule has 0 bridgehead atoms. The van der Waals surface area contributed by atoms with Crippen LogP contribution < -0.4 is 10.1 Å². The fourth-order valence-electron chi connectivity index (χ4n) is 2.03. The number of alkyl halides is 3. The number of nitrogens with one attached hydrogen (secondary N) is 1. The summed E-state index contributed by atoms with van der Waals surface area (Å²) in [4.78, 5) is 28.4. The van der Waals surface area contributed by atoms with Crippen LogP contribution in [-0.4, -0.2) is 36.8 Å². The highest BCUT2D eigenvalue weighted by atomic mass is 35.5. The number of halogens is 4. The first-order valence-corrected chi connectivity index (χ1v) is 9.17. The van der Waals surface area contributed by atoms with Crippen molar-refractivity contribution in [3.05, 3.63) is 46.6 Å². The zero-order chi connectivity index (χ0) is 20.9. The van der Waals surface area contributed by atoms with E-state index < -0.39 is 35.2 Å². The average Bonchev–Trinajstić information content (AvgIpc) is 2.66. The molecule has 6 nitrogen and oxygen atoms in total. The molecule has 1 aromatic heterocycles. The first-order chi connectivity index (χ1) is 13.2. The molecular weight excluding hydrogens is 421 g/mol. The molecule has 11 heteroatoms. The second-order valence-electron chi connectivity index (χ2n) is 5.24. The molecule has 1 N–H and O–H groups in total. The summed E-state index contributed by atoms with van der Waals surface area (Å²) in [5, 5.41) is 1.78. The summed E-state index contributed by atoms with van der Waals surface area (Å²) in [6, 6.07) is 5.47. The third-order valence-corrected chi connectivity index (χ3v) is 4.40. The number of esters is 1. The fourth-order valence-corrected chi connectivity index (χ4v) is 2.67. The van der Waals surface area contributed by atoms with Gasteiger partial charge in [0, 0.05) is 11.1 Å². The maximum atomic E-state index is 12.6. The van der Waals surface area contributed by atoms with E-state index in [0.717, 1.165) is 4.90 Å². The number of aromatic nitrogens is 1. The maximum Gasteiger partial charge on any atom is 0.417 e. The average molecular weight is 435 g/mol. The molecule has 2 rings (SSSR count). The molecule has 0 saturated carbocycles. The number of hydrogen-bond donors (Lipinski definition) is 1. The largest absolute Gasteiger partial charge is 0.496 e. The lowest BCUT2D eigenvalue weighted by atomic mass is 10.2. The Morgan fingerprint density at radius 1 is 1.29 bits per heavy atom. The molecule has 0 unspecified atom stereocenters. The molecule has 0 saturated heterocycles. The van der Waals surface area contributed by atoms with E-state index in [1.165, 1.54) is 24.9 Å². The summed E-state index contributed by atoms with van der Waals surface area (Å²) in [7, 11) is 1.39. The zero-order valence-electron chi connectivity index (χ0n) is 14.6. The molecule has 2 aromatic rings. The van der Waals surface area contributed by atoms with Crippen LogP contribution in [0.1, 0.15) is 15.9 Å². The van der Waals surface area contributed by atoms with Gasteiger partial charge in [-0.1, -0.05) is 11.6 Å². The van der Waals surface area contributed by atoms with Gasteiger partial charge < -0.3 is 14.8 Å². The van der Waals surface area contributed by atoms with Gasteiger partial charge in [0.25, 0.3) is 5.91 Å². The van der Waals surface area contributed by atoms with E-state index in [4.69, 9.17) is 21.1 Å². The number of methoxy groups -OCH3 is 1. The highest BCUT2D eigenvalue weighted by Gasteiger charge is 2.31. The molecule has 0 spiro atoms. The van der Waals surface area contributed by atoms with E-state index >= 15 is 0 Å². The summed E-state index contributed by atoms with van der Waals surface area (Å²) in [6.45, 7) is -0.689. The van der Waals surface area contributed by atoms with Crippen molar-refractivity contribution in [3.8, 4) is 5.75 Å². The summed E-state index contributed by atoms with van der Waals surface area (Å²) in [5.41, 5.74) is -0.929. The fraction of sp³-hybridized carbons (Fsp3) is 0.235. The van der Waals surface area contributed by atoms with Crippen LogP contribution in [0.2, 0.25) is 5.02 Å². The highest BCUT2D eigenvalue weighted by Crippen LogP contribution is 2.32. The summed E-state index contributed by atoms with van der Waals surface area (Å²) < 4.78 is 47.8. The molecule has 0 aliphatic rings. The number of nitrogens with zero attached hydrogens (tertiary/aromatic N) is 1. The number of pyridine rings is 1. The van der Waals surface area contributed by atoms with Crippen LogP contribution in [0, 0.1) is 0 Å². The Kier molecular flexibility index (Phi) is 7.14. The number of hydrogen-bond acceptors (Lipinski definition) is 6. The van der Waals surface area contributed by atoms with E-state index in [1.807, 2.05) is 6.26 Å². The van der Waals surface area contributed by atoms with Gasteiger partial charge in [0.1, 0.15) is 11.3 Å². The molecule has 1 aromatic carbocycles. The lowest BCUT2D eigenvalue weighted by Crippen LogP contribution is -2.22. The predicted octanol–water partition coefficient (Wildman–Crippen LogP) is 4.28. The van der Waals surface area contributed by atoms with Crippen LogP contribution in [0.25, 0.3) is 0 Å². The van der Waals surface area contributed by atoms with Gasteiger partial charge in [-0.25, -0.2) is 9.78 Å². The molecular formula is C17H14ClF3N2O4S. The molecule has 0 aliphatic carbocycles. The Labute approximate surface area is 167 Å². The van der Waals surface area contributed by atoms with Crippen LogP contribution in [0.15, 0.2) is 35.4 Å². The molecule has 1 heterocycles. The number of carbonyl (C=O) groups is 2. The van der Waals surface area contributed by atoms with E-state index in [2.05, 4.69) is 10.3 Å². The highest BCUT2D eigenvalue weighted by molar-refractivity contribution is 7.98. The third-order valence-electron chi connectivity index (χ3n) is 3.39. The van der Waals surface area contributed by atoms with Gasteiger partial charge in [-0.3, -0.25) is 4.79 Å². The van der Waals surface area contributed by atoms with Crippen molar-refractivity contribution in [2.45, 2.75) is 11.1 Å². The number of thioether (sulfide) groups is 1. The van der Waals surface area contributed by atoms with Gasteiger partial charge in [0.2, 0.25) is 0 Å². The van der Waals surface area contributed by atoms with Gasteiger partial charge in [-0.05, 0) is 30.5 Å². The first-order valence-electron chi connectivity index (χ1n) is 7.57. The number of carbonyl (C=O) groups excluding carboxylic acids is 2. The van der Waals surface area contributed by atoms with Crippen LogP contribution in [0.3, 0.4) is 0 Å². The van der Waals surface area contributed by atoms with Crippen molar-refractivity contribution in [2.75, 3.05) is 25.3 Å². The minimum absolute atomic E-state index is 0.124. The Hall–Kier alpha value is -2.46. The van der Waals surface area contributed by atoms with E-state index in [-0.39, 0.29) is 17.1 Å². The van der Waals surface area contributed by atoms with Crippen molar-refractivity contribution in [3.63, 3.8) is 0 Å². The van der Waals surface area contributed by atoms with Crippen LogP contribution in [-0.2, 0) is 15.7 Å². The van der Waals surface area contributed by atoms with E-state index in [1.54, 1.807) is 12.1 Å². The van der Waals surface area contributed by atoms with Gasteiger partial charge >= 0.3 is 12.1 Å². The monoisotopic (exact) mass is 434 g/mol. The van der Waals surface area contributed by atoms with Gasteiger partial charge in [0.15, 0.2) is 12.4 Å². The molecule has 0 aliphatic heterocycles. The van der Waals surface area contributed by atoms with Crippen LogP contribution >= 0.6 is 23.4 Å². The normalized spacial score (nSPS) is 11.1. The van der Waals surface area contributed by atoms with Crippen LogP contribution in [0.4, 0.5) is 19.0 Å². The molecule has 0 fully saturated rings. The summed E-state index contributed by atoms with van der Waals surface area (Å²) >= 11 is 7.16. The number of benzene rings is 1. The second kappa shape index (κ2) is 9.16. The van der Waals surface area contributed by atoms with Crippen molar-refractivity contribution in [1.29, 1.82) is 0 Å². The minimum atomic E-state index is -4.61. The van der Waals surface area contributed by atoms with Crippen molar-refractivity contribution in [2.24, 2.45) is 0 Å². The Balaban J connectivity index is 2.00. The molecule has 0 atom stereocenters. The van der Waals surface area contributed by atoms with Gasteiger partial charge in [-0.15, -0.1) is 11.8 Å². The van der Waals surface area contributed by atoms with Crippen molar-refractivity contribution >= 4 is 41.1 Å². The van der Waals surface area contributed by atoms with E-state index in [9.17, 15) is 22.8 Å². The van der Waals surface area contributed by atoms with Crippen molar-refractivity contribution in [1.82, 2.24) is 4.98 Å². The standard InChI is InChI=1S/C17H14ClF3N2O4S/c1-26-13-6-10(28-2)3-4-11(13)16(25)27-8-14(24)23-15-12(18)5-9(7-22-15)17(19,20)21/h3-7H,8H2,1-2H3,(H,22,23,24). The lowest BCUT2D eigenvalue weighted by Gasteiger charge is -2.11. The molecule has 150 valence electrons. The minimum Gasteiger partial charge on any atom is -0.496 e. The Morgan fingerprint density at radius 2 is 2.00 bits per heavy atom. The third kappa shape index (κ3) is 5.52. The number of rotatable bonds is 6. The van der Waals surface area contributed by atoms with Crippen LogP contribution in [0.5, 0.6) is 5.75 Å². The number of amides is 1.